The lowest BCUT2D eigenvalue weighted by molar-refractivity contribution is -0.707. The van der Waals surface area contributed by atoms with E-state index in [2.05, 4.69) is 24.4 Å². The molecule has 1 heterocycles. The van der Waals surface area contributed by atoms with E-state index in [1.165, 1.54) is 0 Å². The predicted molar refractivity (Wildman–Crippen MR) is 110 cm³/mol. The molecule has 0 aliphatic carbocycles. The van der Waals surface area contributed by atoms with E-state index in [1.807, 2.05) is 36.4 Å². The Morgan fingerprint density at radius 1 is 1.04 bits per heavy atom. The molecular formula is C22H18Cl2NO2+. The molecule has 0 radical (unpaired) electrons. The largest absolute Gasteiger partial charge is 0.423 e. The van der Waals surface area contributed by atoms with E-state index in [1.54, 1.807) is 12.1 Å². The molecule has 0 aliphatic rings. The van der Waals surface area contributed by atoms with Gasteiger partial charge in [-0.05, 0) is 35.9 Å². The highest BCUT2D eigenvalue weighted by atomic mass is 35.5. The summed E-state index contributed by atoms with van der Waals surface area (Å²) in [6.07, 6.45) is 0. The summed E-state index contributed by atoms with van der Waals surface area (Å²) in [5.74, 6) is 0. The lowest BCUT2D eigenvalue weighted by atomic mass is 10.0. The average molecular weight is 399 g/mol. The van der Waals surface area contributed by atoms with Gasteiger partial charge in [-0.1, -0.05) is 59.6 Å². The Labute approximate surface area is 166 Å². The fraction of sp³-hybridized carbons (Fsp3) is 0.136. The molecule has 3 nitrogen and oxygen atoms in total. The molecule has 27 heavy (non-hydrogen) atoms. The smallest absolute Gasteiger partial charge is 0.336 e. The number of fused-ring (bicyclic) bond motifs is 3. The molecule has 136 valence electrons. The molecule has 4 aromatic rings. The quantitative estimate of drug-likeness (QED) is 0.384. The maximum absolute atomic E-state index is 12.0. The van der Waals surface area contributed by atoms with Crippen molar-refractivity contribution in [1.82, 2.24) is 0 Å². The average Bonchev–Trinajstić information content (AvgIpc) is 2.65. The standard InChI is InChI=1S/C22H17Cl2NO2/c1-13(17-8-7-16(23)11-19(17)24)25-12-15-10-21(26)27-20-9-6-14-4-2-3-5-18(14)22(15)20/h2-11,13,25H,12H2,1H3/p+1/t13-/m1/s1. The van der Waals surface area contributed by atoms with Crippen molar-refractivity contribution >= 4 is 44.9 Å². The Hall–Kier alpha value is -2.33. The van der Waals surface area contributed by atoms with Gasteiger partial charge in [-0.2, -0.15) is 0 Å². The van der Waals surface area contributed by atoms with E-state index in [4.69, 9.17) is 27.6 Å². The summed E-state index contributed by atoms with van der Waals surface area (Å²) >= 11 is 12.3. The van der Waals surface area contributed by atoms with Crippen LogP contribution in [0.5, 0.6) is 0 Å². The molecule has 0 bridgehead atoms. The molecule has 0 saturated heterocycles. The zero-order valence-electron chi connectivity index (χ0n) is 14.7. The second-order valence-electron chi connectivity index (χ2n) is 6.64. The highest BCUT2D eigenvalue weighted by Crippen LogP contribution is 2.28. The van der Waals surface area contributed by atoms with Gasteiger partial charge in [0.1, 0.15) is 18.2 Å². The third kappa shape index (κ3) is 3.59. The Kier molecular flexibility index (Phi) is 4.92. The van der Waals surface area contributed by atoms with Gasteiger partial charge >= 0.3 is 5.63 Å². The molecule has 1 atom stereocenters. The van der Waals surface area contributed by atoms with Gasteiger partial charge in [0, 0.05) is 27.6 Å². The number of benzene rings is 3. The molecule has 5 heteroatoms. The van der Waals surface area contributed by atoms with Crippen LogP contribution in [-0.4, -0.2) is 0 Å². The third-order valence-electron chi connectivity index (χ3n) is 4.86. The molecule has 4 rings (SSSR count). The minimum atomic E-state index is -0.335. The van der Waals surface area contributed by atoms with Crippen molar-refractivity contribution in [3.8, 4) is 0 Å². The second kappa shape index (κ2) is 7.35. The fourth-order valence-electron chi connectivity index (χ4n) is 3.48. The number of hydrogen-bond acceptors (Lipinski definition) is 2. The van der Waals surface area contributed by atoms with Crippen molar-refractivity contribution in [2.45, 2.75) is 19.5 Å². The lowest BCUT2D eigenvalue weighted by Gasteiger charge is -2.14. The predicted octanol–water partition coefficient (Wildman–Crippen LogP) is 5.08. The van der Waals surface area contributed by atoms with Crippen LogP contribution in [0.3, 0.4) is 0 Å². The minimum Gasteiger partial charge on any atom is -0.423 e. The van der Waals surface area contributed by atoms with Crippen LogP contribution in [0.25, 0.3) is 21.7 Å². The maximum atomic E-state index is 12.0. The van der Waals surface area contributed by atoms with Gasteiger partial charge in [-0.25, -0.2) is 4.79 Å². The molecule has 0 spiro atoms. The summed E-state index contributed by atoms with van der Waals surface area (Å²) in [5, 5.41) is 6.61. The monoisotopic (exact) mass is 398 g/mol. The maximum Gasteiger partial charge on any atom is 0.336 e. The molecule has 0 amide bonds. The van der Waals surface area contributed by atoms with Gasteiger partial charge in [-0.15, -0.1) is 0 Å². The molecular weight excluding hydrogens is 381 g/mol. The van der Waals surface area contributed by atoms with Crippen LogP contribution in [0.15, 0.2) is 69.9 Å². The van der Waals surface area contributed by atoms with Crippen LogP contribution < -0.4 is 10.9 Å². The summed E-state index contributed by atoms with van der Waals surface area (Å²) in [4.78, 5) is 12.0. The Morgan fingerprint density at radius 2 is 1.85 bits per heavy atom. The minimum absolute atomic E-state index is 0.118. The molecule has 2 N–H and O–H groups in total. The van der Waals surface area contributed by atoms with E-state index in [0.29, 0.717) is 22.2 Å². The lowest BCUT2D eigenvalue weighted by Crippen LogP contribution is -2.83. The first-order valence-corrected chi connectivity index (χ1v) is 9.51. The van der Waals surface area contributed by atoms with Crippen molar-refractivity contribution in [2.24, 2.45) is 0 Å². The van der Waals surface area contributed by atoms with Gasteiger partial charge in [0.25, 0.3) is 0 Å². The number of hydrogen-bond donors (Lipinski definition) is 1. The Morgan fingerprint density at radius 3 is 2.67 bits per heavy atom. The van der Waals surface area contributed by atoms with Crippen molar-refractivity contribution in [3.05, 3.63) is 92.3 Å². The summed E-state index contributed by atoms with van der Waals surface area (Å²) in [6, 6.07) is 19.2. The topological polar surface area (TPSA) is 46.8 Å². The zero-order valence-corrected chi connectivity index (χ0v) is 16.2. The van der Waals surface area contributed by atoms with Crippen molar-refractivity contribution in [3.63, 3.8) is 0 Å². The number of quaternary nitrogens is 1. The first-order valence-electron chi connectivity index (χ1n) is 8.75. The third-order valence-corrected chi connectivity index (χ3v) is 5.42. The van der Waals surface area contributed by atoms with E-state index >= 15 is 0 Å². The first-order chi connectivity index (χ1) is 13.0. The van der Waals surface area contributed by atoms with E-state index in [9.17, 15) is 4.79 Å². The van der Waals surface area contributed by atoms with Gasteiger partial charge in [0.15, 0.2) is 0 Å². The molecule has 0 aliphatic heterocycles. The van der Waals surface area contributed by atoms with E-state index in [0.717, 1.165) is 27.3 Å². The van der Waals surface area contributed by atoms with Gasteiger partial charge < -0.3 is 9.73 Å². The molecule has 3 aromatic carbocycles. The second-order valence-corrected chi connectivity index (χ2v) is 7.49. The number of rotatable bonds is 4. The Bertz CT molecular complexity index is 1200. The van der Waals surface area contributed by atoms with Gasteiger partial charge in [-0.3, -0.25) is 0 Å². The Balaban J connectivity index is 1.73. The van der Waals surface area contributed by atoms with E-state index in [-0.39, 0.29) is 11.7 Å². The molecule has 0 unspecified atom stereocenters. The molecule has 0 fully saturated rings. The van der Waals surface area contributed by atoms with Crippen LogP contribution in [-0.2, 0) is 6.54 Å². The van der Waals surface area contributed by atoms with E-state index < -0.39 is 0 Å². The summed E-state index contributed by atoms with van der Waals surface area (Å²) in [7, 11) is 0. The highest BCUT2D eigenvalue weighted by Gasteiger charge is 2.16. The number of nitrogens with two attached hydrogens (primary N) is 1. The first kappa shape index (κ1) is 18.1. The van der Waals surface area contributed by atoms with Crippen LogP contribution >= 0.6 is 23.2 Å². The zero-order chi connectivity index (χ0) is 19.0. The van der Waals surface area contributed by atoms with Crippen molar-refractivity contribution in [1.29, 1.82) is 0 Å². The van der Waals surface area contributed by atoms with Crippen LogP contribution in [0, 0.1) is 0 Å². The summed E-state index contributed by atoms with van der Waals surface area (Å²) in [6.45, 7) is 2.72. The summed E-state index contributed by atoms with van der Waals surface area (Å²) < 4.78 is 5.43. The van der Waals surface area contributed by atoms with Crippen molar-refractivity contribution < 1.29 is 9.73 Å². The van der Waals surface area contributed by atoms with Gasteiger partial charge in [0.05, 0.1) is 5.02 Å². The SMILES string of the molecule is C[C@@H]([NH2+]Cc1cc(=O)oc2ccc3ccccc3c12)c1ccc(Cl)cc1Cl. The number of halogens is 2. The van der Waals surface area contributed by atoms with Crippen molar-refractivity contribution in [2.75, 3.05) is 0 Å². The molecule has 0 saturated carbocycles. The van der Waals surface area contributed by atoms with Crippen LogP contribution in [0.2, 0.25) is 10.0 Å². The summed E-state index contributed by atoms with van der Waals surface area (Å²) in [5.41, 5.74) is 2.24. The van der Waals surface area contributed by atoms with Gasteiger partial charge in [0.2, 0.25) is 0 Å². The molecule has 1 aromatic heterocycles. The highest BCUT2D eigenvalue weighted by molar-refractivity contribution is 6.35. The van der Waals surface area contributed by atoms with Crippen LogP contribution in [0.1, 0.15) is 24.1 Å². The normalized spacial score (nSPS) is 12.6. The fourth-order valence-corrected chi connectivity index (χ4v) is 4.06. The van der Waals surface area contributed by atoms with Crippen LogP contribution in [0.4, 0.5) is 0 Å².